The molecule has 0 saturated heterocycles. The lowest BCUT2D eigenvalue weighted by molar-refractivity contribution is -0.115. The van der Waals surface area contributed by atoms with Crippen molar-refractivity contribution in [3.05, 3.63) is 83.0 Å². The molecule has 182 valence electrons. The van der Waals surface area contributed by atoms with Gasteiger partial charge in [0.25, 0.3) is 5.91 Å². The van der Waals surface area contributed by atoms with Gasteiger partial charge in [-0.25, -0.2) is 0 Å². The minimum Gasteiger partial charge on any atom is -0.309 e. The molecular formula is C25H24N8O2S. The van der Waals surface area contributed by atoms with E-state index in [2.05, 4.69) is 41.0 Å². The molecule has 36 heavy (non-hydrogen) atoms. The third-order valence-electron chi connectivity index (χ3n) is 6.00. The maximum Gasteiger partial charge on any atom is 0.276 e. The molecule has 0 radical (unpaired) electrons. The Hall–Kier alpha value is -4.12. The lowest BCUT2D eigenvalue weighted by atomic mass is 10.00. The smallest absolute Gasteiger partial charge is 0.276 e. The van der Waals surface area contributed by atoms with Gasteiger partial charge in [0.05, 0.1) is 12.1 Å². The number of amides is 2. The fourth-order valence-corrected chi connectivity index (χ4v) is 5.16. The van der Waals surface area contributed by atoms with Crippen LogP contribution in [0.25, 0.3) is 0 Å². The number of carbonyl (C=O) groups is 2. The van der Waals surface area contributed by atoms with Crippen LogP contribution < -0.4 is 10.6 Å². The van der Waals surface area contributed by atoms with Crippen molar-refractivity contribution in [2.24, 2.45) is 5.92 Å². The quantitative estimate of drug-likeness (QED) is 0.374. The predicted molar refractivity (Wildman–Crippen MR) is 134 cm³/mol. The fourth-order valence-electron chi connectivity index (χ4n) is 4.28. The first kappa shape index (κ1) is 23.6. The molecule has 1 saturated carbocycles. The summed E-state index contributed by atoms with van der Waals surface area (Å²) < 4.78 is 0. The minimum absolute atomic E-state index is 0.179. The van der Waals surface area contributed by atoms with E-state index in [1.807, 2.05) is 24.3 Å². The number of hydrogen-bond acceptors (Lipinski definition) is 9. The number of anilines is 2. The summed E-state index contributed by atoms with van der Waals surface area (Å²) in [4.78, 5) is 32.7. The van der Waals surface area contributed by atoms with E-state index in [0.717, 1.165) is 36.4 Å². The van der Waals surface area contributed by atoms with Crippen LogP contribution in [0.3, 0.4) is 0 Å². The van der Waals surface area contributed by atoms with Crippen LogP contribution in [0.5, 0.6) is 0 Å². The second-order valence-corrected chi connectivity index (χ2v) is 9.66. The number of aromatic nitrogens is 6. The van der Waals surface area contributed by atoms with Crippen LogP contribution in [0.4, 0.5) is 10.9 Å². The minimum atomic E-state index is -0.294. The lowest BCUT2D eigenvalue weighted by Crippen LogP contribution is -2.16. The summed E-state index contributed by atoms with van der Waals surface area (Å²) in [6.07, 6.45) is 7.30. The van der Waals surface area contributed by atoms with Gasteiger partial charge in [0, 0.05) is 24.0 Å². The highest BCUT2D eigenvalue weighted by molar-refractivity contribution is 7.15. The van der Waals surface area contributed by atoms with Crippen LogP contribution in [-0.4, -0.2) is 42.2 Å². The van der Waals surface area contributed by atoms with E-state index in [0.29, 0.717) is 34.2 Å². The molecule has 1 aliphatic carbocycles. The highest BCUT2D eigenvalue weighted by Crippen LogP contribution is 2.41. The molecule has 2 atom stereocenters. The van der Waals surface area contributed by atoms with E-state index in [1.165, 1.54) is 11.3 Å². The van der Waals surface area contributed by atoms with Gasteiger partial charge in [-0.05, 0) is 68.0 Å². The first-order valence-electron chi connectivity index (χ1n) is 11.7. The van der Waals surface area contributed by atoms with Gasteiger partial charge in [0.2, 0.25) is 11.0 Å². The largest absolute Gasteiger partial charge is 0.309 e. The normalized spacial score (nSPS) is 17.0. The highest BCUT2D eigenvalue weighted by Gasteiger charge is 2.29. The maximum atomic E-state index is 12.3. The monoisotopic (exact) mass is 500 g/mol. The van der Waals surface area contributed by atoms with Gasteiger partial charge in [-0.15, -0.1) is 15.3 Å². The number of hydrogen-bond donors (Lipinski definition) is 2. The van der Waals surface area contributed by atoms with E-state index in [-0.39, 0.29) is 18.2 Å². The van der Waals surface area contributed by atoms with Gasteiger partial charge in [-0.1, -0.05) is 23.5 Å². The molecule has 0 aromatic carbocycles. The Morgan fingerprint density at radius 3 is 2.47 bits per heavy atom. The van der Waals surface area contributed by atoms with Crippen LogP contribution in [0.1, 0.15) is 52.1 Å². The second kappa shape index (κ2) is 11.1. The third kappa shape index (κ3) is 6.11. The first-order valence-corrected chi connectivity index (χ1v) is 12.5. The van der Waals surface area contributed by atoms with Crippen LogP contribution in [-0.2, 0) is 17.6 Å². The Bertz CT molecular complexity index is 1310. The predicted octanol–water partition coefficient (Wildman–Crippen LogP) is 3.68. The molecule has 5 rings (SSSR count). The number of rotatable bonds is 8. The van der Waals surface area contributed by atoms with Crippen molar-refractivity contribution >= 4 is 34.1 Å². The zero-order valence-electron chi connectivity index (χ0n) is 19.4. The van der Waals surface area contributed by atoms with Gasteiger partial charge in [-0.3, -0.25) is 24.9 Å². The molecule has 0 bridgehead atoms. The molecule has 4 aromatic rings. The molecule has 1 aliphatic rings. The fraction of sp³-hybridized carbons (Fsp3) is 0.280. The average Bonchev–Trinajstić information content (AvgIpc) is 3.56. The van der Waals surface area contributed by atoms with Crippen molar-refractivity contribution < 1.29 is 9.59 Å². The molecule has 2 amide bonds. The zero-order chi connectivity index (χ0) is 24.7. The summed E-state index contributed by atoms with van der Waals surface area (Å²) in [5.74, 6) is 0.730. The number of nitrogens with one attached hydrogen (secondary N) is 2. The van der Waals surface area contributed by atoms with E-state index in [9.17, 15) is 9.59 Å². The summed E-state index contributed by atoms with van der Waals surface area (Å²) >= 11 is 1.41. The van der Waals surface area contributed by atoms with Crippen molar-refractivity contribution in [3.63, 3.8) is 0 Å². The Morgan fingerprint density at radius 1 is 0.861 bits per heavy atom. The Kier molecular flexibility index (Phi) is 7.27. The van der Waals surface area contributed by atoms with Crippen LogP contribution in [0.2, 0.25) is 0 Å². The van der Waals surface area contributed by atoms with Crippen LogP contribution in [0.15, 0.2) is 60.9 Å². The Labute approximate surface area is 211 Å². The van der Waals surface area contributed by atoms with Crippen molar-refractivity contribution in [2.75, 3.05) is 10.6 Å². The van der Waals surface area contributed by atoms with Crippen LogP contribution >= 0.6 is 11.3 Å². The zero-order valence-corrected chi connectivity index (χ0v) is 20.2. The second-order valence-electron chi connectivity index (χ2n) is 8.65. The molecule has 0 spiro atoms. The third-order valence-corrected chi connectivity index (χ3v) is 7.00. The highest BCUT2D eigenvalue weighted by atomic mass is 32.1. The van der Waals surface area contributed by atoms with Crippen LogP contribution in [0, 0.1) is 5.92 Å². The summed E-state index contributed by atoms with van der Waals surface area (Å²) in [7, 11) is 0. The molecule has 0 aliphatic heterocycles. The van der Waals surface area contributed by atoms with Gasteiger partial charge in [0.15, 0.2) is 5.82 Å². The molecule has 1 fully saturated rings. The SMILES string of the molecule is O=C(Cc1ccccn1)Nc1ccc(C[C@H]2CC[C@@H](c3nnc(NC(=O)c4ccccn4)s3)C2)nn1. The Morgan fingerprint density at radius 2 is 1.72 bits per heavy atom. The molecule has 4 aromatic heterocycles. The van der Waals surface area contributed by atoms with Crippen molar-refractivity contribution in [1.29, 1.82) is 0 Å². The standard InChI is InChI=1S/C25H24N8O2S/c34-22(15-18-5-1-3-11-26-18)28-21-10-9-19(30-31-21)14-16-7-8-17(13-16)24-32-33-25(36-24)29-23(35)20-6-2-4-12-27-20/h1-6,9-12,16-17H,7-8,13-15H2,(H,28,31,34)(H,29,33,35)/t16-,17+/m0/s1. The molecule has 10 nitrogen and oxygen atoms in total. The molecule has 4 heterocycles. The maximum absolute atomic E-state index is 12.3. The molecule has 0 unspecified atom stereocenters. The van der Waals surface area contributed by atoms with Gasteiger partial charge >= 0.3 is 0 Å². The summed E-state index contributed by atoms with van der Waals surface area (Å²) in [5.41, 5.74) is 1.94. The van der Waals surface area contributed by atoms with E-state index >= 15 is 0 Å². The van der Waals surface area contributed by atoms with E-state index in [1.54, 1.807) is 36.7 Å². The summed E-state index contributed by atoms with van der Waals surface area (Å²) in [6.45, 7) is 0. The lowest BCUT2D eigenvalue weighted by Gasteiger charge is -2.09. The summed E-state index contributed by atoms with van der Waals surface area (Å²) in [5, 5.41) is 23.9. The number of nitrogens with zero attached hydrogens (tertiary/aromatic N) is 6. The van der Waals surface area contributed by atoms with Gasteiger partial charge < -0.3 is 5.32 Å². The van der Waals surface area contributed by atoms with Gasteiger partial charge in [0.1, 0.15) is 10.7 Å². The molecular weight excluding hydrogens is 476 g/mol. The number of pyridine rings is 2. The molecule has 11 heteroatoms. The van der Waals surface area contributed by atoms with E-state index in [4.69, 9.17) is 0 Å². The van der Waals surface area contributed by atoms with Crippen molar-refractivity contribution in [1.82, 2.24) is 30.4 Å². The first-order chi connectivity index (χ1) is 17.6. The number of carbonyl (C=O) groups excluding carboxylic acids is 2. The average molecular weight is 501 g/mol. The van der Waals surface area contributed by atoms with Crippen molar-refractivity contribution in [3.8, 4) is 0 Å². The molecule has 2 N–H and O–H groups in total. The summed E-state index contributed by atoms with van der Waals surface area (Å²) in [6, 6.07) is 14.4. The Balaban J connectivity index is 1.10. The van der Waals surface area contributed by atoms with E-state index < -0.39 is 0 Å². The van der Waals surface area contributed by atoms with Crippen molar-refractivity contribution in [2.45, 2.75) is 38.0 Å². The van der Waals surface area contributed by atoms with Gasteiger partial charge in [-0.2, -0.15) is 5.10 Å². The topological polar surface area (TPSA) is 136 Å².